The molecule has 0 spiro atoms. The fourth-order valence-electron chi connectivity index (χ4n) is 3.28. The summed E-state index contributed by atoms with van der Waals surface area (Å²) in [4.78, 5) is 19.4. The Morgan fingerprint density at radius 2 is 1.81 bits per heavy atom. The van der Waals surface area contributed by atoms with E-state index in [1.165, 1.54) is 26.9 Å². The molecule has 0 atom stereocenters. The summed E-state index contributed by atoms with van der Waals surface area (Å²) >= 11 is 1.19. The maximum atomic E-state index is 13.6. The lowest BCUT2D eigenvalue weighted by Crippen LogP contribution is -2.52. The van der Waals surface area contributed by atoms with E-state index < -0.39 is 29.7 Å². The second-order valence-corrected chi connectivity index (χ2v) is 9.07. The minimum absolute atomic E-state index is 0.256. The summed E-state index contributed by atoms with van der Waals surface area (Å²) in [6.45, 7) is 6.03. The molecule has 1 aliphatic rings. The number of urea groups is 1. The van der Waals surface area contributed by atoms with Gasteiger partial charge in [-0.05, 0) is 36.8 Å². The van der Waals surface area contributed by atoms with Crippen molar-refractivity contribution in [1.29, 1.82) is 0 Å². The summed E-state index contributed by atoms with van der Waals surface area (Å²) < 4.78 is 69.4. The Labute approximate surface area is 207 Å². The maximum Gasteiger partial charge on any atom is 0.507 e. The van der Waals surface area contributed by atoms with Gasteiger partial charge in [0.25, 0.3) is 0 Å². The van der Waals surface area contributed by atoms with Gasteiger partial charge in [-0.15, -0.1) is 11.3 Å². The Hall–Kier alpha value is -3.80. The number of carbonyl (C=O) groups is 1. The van der Waals surface area contributed by atoms with E-state index in [0.29, 0.717) is 12.4 Å². The first kappa shape index (κ1) is 25.3. The van der Waals surface area contributed by atoms with Crippen molar-refractivity contribution < 1.29 is 36.6 Å². The first-order valence-corrected chi connectivity index (χ1v) is 11.4. The predicted octanol–water partition coefficient (Wildman–Crippen LogP) is 5.52. The molecule has 0 aliphatic carbocycles. The summed E-state index contributed by atoms with van der Waals surface area (Å²) in [5.74, 6) is -0.416. The number of rotatable bonds is 6. The van der Waals surface area contributed by atoms with Gasteiger partial charge < -0.3 is 19.1 Å². The quantitative estimate of drug-likeness (QED) is 0.315. The van der Waals surface area contributed by atoms with Crippen molar-refractivity contribution in [2.75, 3.05) is 13.7 Å². The molecular formula is C24H21F4N3O4S. The average Bonchev–Trinajstić information content (AvgIpc) is 3.18. The molecule has 2 aromatic carbocycles. The van der Waals surface area contributed by atoms with Crippen LogP contribution in [0.15, 0.2) is 66.3 Å². The summed E-state index contributed by atoms with van der Waals surface area (Å²) in [6.07, 6.45) is -6.37. The highest BCUT2D eigenvalue weighted by molar-refractivity contribution is 7.09. The second kappa shape index (κ2) is 9.69. The number of alkyl halides is 4. The molecule has 0 fully saturated rings. The summed E-state index contributed by atoms with van der Waals surface area (Å²) in [5, 5.41) is 0. The Morgan fingerprint density at radius 3 is 2.47 bits per heavy atom. The molecule has 0 bridgehead atoms. The lowest BCUT2D eigenvalue weighted by molar-refractivity contribution is -0.391. The Balaban J connectivity index is 1.56. The second-order valence-electron chi connectivity index (χ2n) is 7.86. The normalized spacial score (nSPS) is 15.9. The fourth-order valence-corrected chi connectivity index (χ4v) is 4.11. The third-order valence-electron chi connectivity index (χ3n) is 5.02. The number of carbonyl (C=O) groups excluding carboxylic acids is 1. The highest BCUT2D eigenvalue weighted by Crippen LogP contribution is 2.47. The number of hydrogen-bond donors (Lipinski definition) is 0. The first-order valence-electron chi connectivity index (χ1n) is 10.6. The number of amides is 2. The molecule has 1 aromatic heterocycles. The SMILES string of the molecule is C=CCOc1ccc(CN(C)C(=O)/N=c2\sc(C)cn2-c2ccc3c(c2)OC(F)(F)C(F)(F)O3)cc1. The van der Waals surface area contributed by atoms with E-state index in [2.05, 4.69) is 21.0 Å². The smallest absolute Gasteiger partial charge is 0.490 e. The predicted molar refractivity (Wildman–Crippen MR) is 124 cm³/mol. The molecular weight excluding hydrogens is 502 g/mol. The van der Waals surface area contributed by atoms with Crippen LogP contribution in [0.4, 0.5) is 22.4 Å². The van der Waals surface area contributed by atoms with Crippen molar-refractivity contribution in [3.05, 3.63) is 76.6 Å². The number of ether oxygens (including phenoxy) is 3. The number of nitrogens with zero attached hydrogens (tertiary/aromatic N) is 3. The van der Waals surface area contributed by atoms with Crippen molar-refractivity contribution in [2.45, 2.75) is 25.7 Å². The van der Waals surface area contributed by atoms with E-state index >= 15 is 0 Å². The molecule has 2 amide bonds. The molecule has 0 unspecified atom stereocenters. The first-order chi connectivity index (χ1) is 17.0. The summed E-state index contributed by atoms with van der Waals surface area (Å²) in [5.41, 5.74) is 1.12. The minimum Gasteiger partial charge on any atom is -0.490 e. The van der Waals surface area contributed by atoms with Gasteiger partial charge in [-0.1, -0.05) is 24.8 Å². The van der Waals surface area contributed by atoms with E-state index in [1.54, 1.807) is 38.4 Å². The van der Waals surface area contributed by atoms with Gasteiger partial charge in [0.15, 0.2) is 16.3 Å². The highest BCUT2D eigenvalue weighted by atomic mass is 32.1. The van der Waals surface area contributed by atoms with Crippen LogP contribution in [-0.4, -0.2) is 41.4 Å². The number of thiazole rings is 1. The third-order valence-corrected chi connectivity index (χ3v) is 5.92. The van der Waals surface area contributed by atoms with Crippen LogP contribution in [0.2, 0.25) is 0 Å². The molecule has 7 nitrogen and oxygen atoms in total. The van der Waals surface area contributed by atoms with E-state index in [1.807, 2.05) is 12.1 Å². The van der Waals surface area contributed by atoms with Crippen molar-refractivity contribution >= 4 is 17.4 Å². The van der Waals surface area contributed by atoms with Gasteiger partial charge in [-0.2, -0.15) is 22.6 Å². The molecule has 190 valence electrons. The lowest BCUT2D eigenvalue weighted by atomic mass is 10.2. The average molecular weight is 524 g/mol. The van der Waals surface area contributed by atoms with Crippen LogP contribution in [0.3, 0.4) is 0 Å². The number of hydrogen-bond acceptors (Lipinski definition) is 5. The van der Waals surface area contributed by atoms with Crippen molar-refractivity contribution in [2.24, 2.45) is 4.99 Å². The van der Waals surface area contributed by atoms with Crippen LogP contribution in [0.5, 0.6) is 17.2 Å². The van der Waals surface area contributed by atoms with Gasteiger partial charge in [-0.25, -0.2) is 4.79 Å². The molecule has 0 N–H and O–H groups in total. The van der Waals surface area contributed by atoms with Gasteiger partial charge in [0.2, 0.25) is 0 Å². The monoisotopic (exact) mass is 523 g/mol. The number of benzene rings is 2. The minimum atomic E-state index is -4.84. The molecule has 2 heterocycles. The molecule has 36 heavy (non-hydrogen) atoms. The number of aryl methyl sites for hydroxylation is 1. The van der Waals surface area contributed by atoms with E-state index in [0.717, 1.165) is 22.6 Å². The topological polar surface area (TPSA) is 65.3 Å². The highest BCUT2D eigenvalue weighted by Gasteiger charge is 2.65. The Morgan fingerprint density at radius 1 is 1.14 bits per heavy atom. The molecule has 1 aliphatic heterocycles. The molecule has 12 heteroatoms. The zero-order valence-corrected chi connectivity index (χ0v) is 20.0. The van der Waals surface area contributed by atoms with Crippen LogP contribution < -0.4 is 19.0 Å². The third kappa shape index (κ3) is 5.23. The van der Waals surface area contributed by atoms with Gasteiger partial charge in [0.1, 0.15) is 12.4 Å². The molecule has 3 aromatic rings. The zero-order chi connectivity index (χ0) is 26.1. The standard InChI is InChI=1S/C24H21F4N3O4S/c1-4-11-33-18-8-5-16(6-9-18)14-30(3)21(32)29-22-31(13-15(2)36-22)17-7-10-19-20(12-17)35-24(27,28)23(25,26)34-19/h4-10,12-13H,1,11,14H2,2-3H3/b29-22-. The van der Waals surface area contributed by atoms with Crippen LogP contribution in [0, 0.1) is 6.92 Å². The lowest BCUT2D eigenvalue weighted by Gasteiger charge is -2.31. The van der Waals surface area contributed by atoms with Gasteiger partial charge in [0.05, 0.1) is 5.69 Å². The van der Waals surface area contributed by atoms with Crippen LogP contribution in [-0.2, 0) is 6.54 Å². The molecule has 0 saturated carbocycles. The number of halogens is 4. The molecule has 4 rings (SSSR count). The maximum absolute atomic E-state index is 13.6. The zero-order valence-electron chi connectivity index (χ0n) is 19.2. The van der Waals surface area contributed by atoms with Crippen molar-refractivity contribution in [3.63, 3.8) is 0 Å². The van der Waals surface area contributed by atoms with Gasteiger partial charge in [0, 0.05) is 30.7 Å². The Bertz CT molecular complexity index is 1350. The van der Waals surface area contributed by atoms with Gasteiger partial charge in [-0.3, -0.25) is 4.57 Å². The van der Waals surface area contributed by atoms with E-state index in [4.69, 9.17) is 4.74 Å². The number of fused-ring (bicyclic) bond motifs is 1. The van der Waals surface area contributed by atoms with Crippen molar-refractivity contribution in [3.8, 4) is 22.9 Å². The van der Waals surface area contributed by atoms with Crippen LogP contribution >= 0.6 is 11.3 Å². The number of aromatic nitrogens is 1. The Kier molecular flexibility index (Phi) is 6.81. The largest absolute Gasteiger partial charge is 0.507 e. The molecule has 0 saturated heterocycles. The van der Waals surface area contributed by atoms with Crippen LogP contribution in [0.25, 0.3) is 5.69 Å². The van der Waals surface area contributed by atoms with Crippen molar-refractivity contribution in [1.82, 2.24) is 9.47 Å². The molecule has 0 radical (unpaired) electrons. The fraction of sp³-hybridized carbons (Fsp3) is 0.250. The summed E-state index contributed by atoms with van der Waals surface area (Å²) in [6, 6.07) is 10.3. The van der Waals surface area contributed by atoms with E-state index in [-0.39, 0.29) is 17.0 Å². The summed E-state index contributed by atoms with van der Waals surface area (Å²) in [7, 11) is 1.59. The van der Waals surface area contributed by atoms with Gasteiger partial charge >= 0.3 is 18.2 Å². The van der Waals surface area contributed by atoms with E-state index in [9.17, 15) is 22.4 Å². The van der Waals surface area contributed by atoms with Crippen LogP contribution in [0.1, 0.15) is 10.4 Å².